The zero-order chi connectivity index (χ0) is 19.7. The van der Waals surface area contributed by atoms with Gasteiger partial charge in [0, 0.05) is 25.7 Å². The number of hydrogen-bond donors (Lipinski definition) is 4. The first-order valence-electron chi connectivity index (χ1n) is 8.46. The summed E-state index contributed by atoms with van der Waals surface area (Å²) in [6, 6.07) is 0. The van der Waals surface area contributed by atoms with Crippen molar-refractivity contribution in [1.29, 1.82) is 0 Å². The molecule has 0 aliphatic carbocycles. The molecule has 2 atom stereocenters. The van der Waals surface area contributed by atoms with E-state index in [0.29, 0.717) is 25.7 Å². The van der Waals surface area contributed by atoms with Gasteiger partial charge in [0.2, 0.25) is 0 Å². The minimum atomic E-state index is -1.52. The van der Waals surface area contributed by atoms with Gasteiger partial charge in [0.1, 0.15) is 22.6 Å². The number of nitrogens with two attached hydrogens (primary N) is 2. The van der Waals surface area contributed by atoms with Gasteiger partial charge in [-0.05, 0) is 26.7 Å². The Morgan fingerprint density at radius 2 is 0.960 bits per heavy atom. The summed E-state index contributed by atoms with van der Waals surface area (Å²) in [5, 5.41) is 17.7. The van der Waals surface area contributed by atoms with Crippen LogP contribution in [0.1, 0.15) is 71.6 Å². The third kappa shape index (κ3) is 9.93. The predicted octanol–water partition coefficient (Wildman–Crippen LogP) is 1.24. The Labute approximate surface area is 147 Å². The zero-order valence-corrected chi connectivity index (χ0v) is 15.0. The largest absolute Gasteiger partial charge is 0.480 e. The average Bonchev–Trinajstić information content (AvgIpc) is 2.44. The highest BCUT2D eigenvalue weighted by molar-refractivity contribution is 5.88. The average molecular weight is 358 g/mol. The lowest BCUT2D eigenvalue weighted by Gasteiger charge is -2.18. The second kappa shape index (κ2) is 10.2. The number of Topliss-reactive ketones (excluding diaryl/α,β-unsaturated/α-hetero) is 2. The fourth-order valence-corrected chi connectivity index (χ4v) is 2.32. The van der Waals surface area contributed by atoms with Crippen LogP contribution in [0.2, 0.25) is 0 Å². The lowest BCUT2D eigenvalue weighted by molar-refractivity contribution is -0.145. The summed E-state index contributed by atoms with van der Waals surface area (Å²) >= 11 is 0. The molecule has 25 heavy (non-hydrogen) atoms. The summed E-state index contributed by atoms with van der Waals surface area (Å²) < 4.78 is 0. The van der Waals surface area contributed by atoms with Crippen molar-refractivity contribution in [2.75, 3.05) is 0 Å². The molecule has 0 aliphatic heterocycles. The maximum Gasteiger partial charge on any atom is 0.323 e. The maximum absolute atomic E-state index is 11.7. The van der Waals surface area contributed by atoms with E-state index in [2.05, 4.69) is 0 Å². The van der Waals surface area contributed by atoms with E-state index in [-0.39, 0.29) is 24.4 Å². The van der Waals surface area contributed by atoms with Crippen LogP contribution < -0.4 is 11.5 Å². The molecule has 0 spiro atoms. The Bertz CT molecular complexity index is 455. The van der Waals surface area contributed by atoms with E-state index < -0.39 is 23.0 Å². The normalized spacial score (nSPS) is 15.8. The Balaban J connectivity index is 3.78. The number of rotatable bonds is 14. The van der Waals surface area contributed by atoms with Gasteiger partial charge in [-0.1, -0.05) is 19.3 Å². The number of hydrogen-bond acceptors (Lipinski definition) is 6. The van der Waals surface area contributed by atoms with Crippen LogP contribution in [0.15, 0.2) is 0 Å². The number of carbonyl (C=O) groups excluding carboxylic acids is 2. The van der Waals surface area contributed by atoms with Crippen LogP contribution >= 0.6 is 0 Å². The van der Waals surface area contributed by atoms with Crippen molar-refractivity contribution in [2.45, 2.75) is 82.7 Å². The number of ketones is 2. The highest BCUT2D eigenvalue weighted by atomic mass is 16.4. The molecule has 0 saturated carbocycles. The third-order valence-corrected chi connectivity index (χ3v) is 4.02. The van der Waals surface area contributed by atoms with Crippen LogP contribution in [-0.4, -0.2) is 44.8 Å². The monoisotopic (exact) mass is 358 g/mol. The van der Waals surface area contributed by atoms with Crippen molar-refractivity contribution in [3.8, 4) is 0 Å². The molecular formula is C17H30N2O6. The van der Waals surface area contributed by atoms with Crippen LogP contribution in [0.5, 0.6) is 0 Å². The van der Waals surface area contributed by atoms with E-state index in [1.807, 2.05) is 0 Å². The number of carbonyl (C=O) groups is 4. The van der Waals surface area contributed by atoms with Gasteiger partial charge in [0.25, 0.3) is 0 Å². The molecule has 0 rings (SSSR count). The first-order valence-corrected chi connectivity index (χ1v) is 8.46. The highest BCUT2D eigenvalue weighted by Crippen LogP contribution is 2.14. The van der Waals surface area contributed by atoms with E-state index in [1.165, 1.54) is 13.8 Å². The molecule has 0 heterocycles. The van der Waals surface area contributed by atoms with Gasteiger partial charge in [-0.2, -0.15) is 0 Å². The van der Waals surface area contributed by atoms with E-state index in [1.54, 1.807) is 0 Å². The Morgan fingerprint density at radius 3 is 1.24 bits per heavy atom. The minimum Gasteiger partial charge on any atom is -0.480 e. The fraction of sp³-hybridized carbons (Fsp3) is 0.765. The molecule has 0 aromatic rings. The molecule has 0 aliphatic rings. The molecule has 0 aromatic carbocycles. The summed E-state index contributed by atoms with van der Waals surface area (Å²) in [6.45, 7) is 2.64. The van der Waals surface area contributed by atoms with Crippen LogP contribution in [0.4, 0.5) is 0 Å². The van der Waals surface area contributed by atoms with E-state index in [0.717, 1.165) is 19.3 Å². The summed E-state index contributed by atoms with van der Waals surface area (Å²) in [5.74, 6) is -2.72. The van der Waals surface area contributed by atoms with Crippen LogP contribution in [0, 0.1) is 0 Å². The highest BCUT2D eigenvalue weighted by Gasteiger charge is 2.31. The van der Waals surface area contributed by atoms with Crippen molar-refractivity contribution < 1.29 is 29.4 Å². The molecule has 6 N–H and O–H groups in total. The lowest BCUT2D eigenvalue weighted by Crippen LogP contribution is -2.46. The van der Waals surface area contributed by atoms with Crippen LogP contribution in [0.3, 0.4) is 0 Å². The number of carboxylic acid groups (broad SMARTS) is 2. The first-order chi connectivity index (χ1) is 11.4. The molecule has 144 valence electrons. The second-order valence-electron chi connectivity index (χ2n) is 7.14. The molecule has 0 aromatic heterocycles. The number of carboxylic acids is 2. The fourth-order valence-electron chi connectivity index (χ4n) is 2.32. The van der Waals surface area contributed by atoms with Gasteiger partial charge in [-0.25, -0.2) is 0 Å². The summed E-state index contributed by atoms with van der Waals surface area (Å²) in [7, 11) is 0. The molecular weight excluding hydrogens is 328 g/mol. The molecule has 0 radical (unpaired) electrons. The smallest absolute Gasteiger partial charge is 0.323 e. The van der Waals surface area contributed by atoms with Crippen molar-refractivity contribution >= 4 is 23.5 Å². The summed E-state index contributed by atoms with van der Waals surface area (Å²) in [4.78, 5) is 45.0. The topological polar surface area (TPSA) is 161 Å². The van der Waals surface area contributed by atoms with Crippen molar-refractivity contribution in [3.05, 3.63) is 0 Å². The van der Waals surface area contributed by atoms with Gasteiger partial charge in [0.15, 0.2) is 0 Å². The van der Waals surface area contributed by atoms with Gasteiger partial charge in [-0.3, -0.25) is 19.2 Å². The predicted molar refractivity (Wildman–Crippen MR) is 92.0 cm³/mol. The molecule has 0 amide bonds. The van der Waals surface area contributed by atoms with E-state index in [9.17, 15) is 19.2 Å². The summed E-state index contributed by atoms with van der Waals surface area (Å²) in [5.41, 5.74) is 8.00. The van der Waals surface area contributed by atoms with Gasteiger partial charge >= 0.3 is 11.9 Å². The third-order valence-electron chi connectivity index (χ3n) is 4.02. The first kappa shape index (κ1) is 23.2. The van der Waals surface area contributed by atoms with E-state index in [4.69, 9.17) is 21.7 Å². The van der Waals surface area contributed by atoms with Crippen LogP contribution in [0.25, 0.3) is 0 Å². The maximum atomic E-state index is 11.7. The van der Waals surface area contributed by atoms with Crippen molar-refractivity contribution in [2.24, 2.45) is 11.5 Å². The van der Waals surface area contributed by atoms with E-state index >= 15 is 0 Å². The SMILES string of the molecule is CC(N)(CC(=O)CCCCCCCC(=O)CC(C)(N)C(=O)O)C(=O)O. The molecule has 0 saturated heterocycles. The Kier molecular flexibility index (Phi) is 9.51. The number of aliphatic carboxylic acids is 2. The Morgan fingerprint density at radius 1 is 0.680 bits per heavy atom. The zero-order valence-electron chi connectivity index (χ0n) is 15.0. The minimum absolute atomic E-state index is 0.168. The van der Waals surface area contributed by atoms with Crippen LogP contribution in [-0.2, 0) is 19.2 Å². The van der Waals surface area contributed by atoms with Gasteiger partial charge in [-0.15, -0.1) is 0 Å². The molecule has 8 heteroatoms. The molecule has 0 fully saturated rings. The molecule has 0 bridgehead atoms. The Hall–Kier alpha value is -1.80. The second-order valence-corrected chi connectivity index (χ2v) is 7.14. The standard InChI is InChI=1S/C17H30N2O6/c1-16(18,14(22)23)10-12(20)8-6-4-3-5-7-9-13(21)11-17(2,19)15(24)25/h3-11,18-19H2,1-2H3,(H,22,23)(H,24,25). The number of unbranched alkanes of at least 4 members (excludes halogenated alkanes) is 4. The van der Waals surface area contributed by atoms with Gasteiger partial charge < -0.3 is 21.7 Å². The van der Waals surface area contributed by atoms with Crippen molar-refractivity contribution in [1.82, 2.24) is 0 Å². The molecule has 2 unspecified atom stereocenters. The summed E-state index contributed by atoms with van der Waals surface area (Å²) in [6.07, 6.45) is 3.99. The lowest BCUT2D eigenvalue weighted by atomic mass is 9.93. The van der Waals surface area contributed by atoms with Gasteiger partial charge in [0.05, 0.1) is 0 Å². The van der Waals surface area contributed by atoms with Crippen molar-refractivity contribution in [3.63, 3.8) is 0 Å². The molecule has 8 nitrogen and oxygen atoms in total. The quantitative estimate of drug-likeness (QED) is 0.337.